The molecule has 124 valence electrons. The van der Waals surface area contributed by atoms with E-state index in [4.69, 9.17) is 4.74 Å². The lowest BCUT2D eigenvalue weighted by atomic mass is 10.2. The molecule has 0 bridgehead atoms. The lowest BCUT2D eigenvalue weighted by molar-refractivity contribution is 0.102. The van der Waals surface area contributed by atoms with Crippen molar-refractivity contribution in [3.63, 3.8) is 0 Å². The molecule has 2 aromatic heterocycles. The van der Waals surface area contributed by atoms with Gasteiger partial charge in [-0.1, -0.05) is 12.1 Å². The van der Waals surface area contributed by atoms with E-state index in [9.17, 15) is 14.7 Å². The molecule has 1 amide bonds. The van der Waals surface area contributed by atoms with Crippen LogP contribution in [0.1, 0.15) is 17.3 Å². The van der Waals surface area contributed by atoms with Crippen LogP contribution in [0, 0.1) is 0 Å². The number of nitrogens with one attached hydrogen (secondary N) is 1. The van der Waals surface area contributed by atoms with Crippen molar-refractivity contribution in [3.8, 4) is 11.5 Å². The molecule has 0 saturated heterocycles. The van der Waals surface area contributed by atoms with E-state index in [1.165, 1.54) is 15.9 Å². The van der Waals surface area contributed by atoms with Gasteiger partial charge in [-0.2, -0.15) is 0 Å². The van der Waals surface area contributed by atoms with Gasteiger partial charge < -0.3 is 19.7 Å². The third kappa shape index (κ3) is 2.63. The molecule has 2 heterocycles. The Labute approximate surface area is 141 Å². The summed E-state index contributed by atoms with van der Waals surface area (Å²) in [5.74, 6) is -0.466. The van der Waals surface area contributed by atoms with Crippen LogP contribution in [0.3, 0.4) is 0 Å². The number of benzene rings is 1. The Balaban J connectivity index is 2.06. The monoisotopic (exact) mass is 344 g/mol. The van der Waals surface area contributed by atoms with Gasteiger partial charge in [-0.25, -0.2) is 0 Å². The van der Waals surface area contributed by atoms with Crippen LogP contribution in [-0.4, -0.2) is 22.2 Å². The van der Waals surface area contributed by atoms with Gasteiger partial charge in [0.25, 0.3) is 11.5 Å². The second-order valence-electron chi connectivity index (χ2n) is 5.11. The fourth-order valence-electron chi connectivity index (χ4n) is 2.48. The number of fused-ring (bicyclic) bond motifs is 1. The molecular weight excluding hydrogens is 328 g/mol. The number of carbonyl (C=O) groups excluding carboxylic acids is 1. The minimum atomic E-state index is -0.671. The number of ether oxygens (including phenoxy) is 1. The fourth-order valence-corrected chi connectivity index (χ4v) is 3.35. The van der Waals surface area contributed by atoms with E-state index in [1.54, 1.807) is 42.8 Å². The first kappa shape index (κ1) is 16.1. The first-order valence-corrected chi connectivity index (χ1v) is 8.25. The topological polar surface area (TPSA) is 80.6 Å². The highest BCUT2D eigenvalue weighted by atomic mass is 32.1. The standard InChI is InChI=1S/C17H16N2O4S/c1-3-23-12-7-5-4-6-10(12)18-16(21)13-14(20)15-11(8-9-24-15)19(2)17(13)22/h4-9,20H,3H2,1-2H3,(H,18,21). The number of para-hydroxylation sites is 2. The number of hydrogen-bond donors (Lipinski definition) is 2. The Bertz CT molecular complexity index is 974. The number of thiophene rings is 1. The number of nitrogens with zero attached hydrogens (tertiary/aromatic N) is 1. The zero-order chi connectivity index (χ0) is 17.3. The van der Waals surface area contributed by atoms with Crippen molar-refractivity contribution in [2.45, 2.75) is 6.92 Å². The van der Waals surface area contributed by atoms with E-state index in [0.717, 1.165) is 0 Å². The van der Waals surface area contributed by atoms with Crippen LogP contribution in [0.15, 0.2) is 40.5 Å². The Hall–Kier alpha value is -2.80. The number of pyridine rings is 1. The summed E-state index contributed by atoms with van der Waals surface area (Å²) >= 11 is 1.27. The van der Waals surface area contributed by atoms with Gasteiger partial charge >= 0.3 is 0 Å². The number of carbonyl (C=O) groups is 1. The second kappa shape index (κ2) is 6.37. The minimum absolute atomic E-state index is 0.279. The molecule has 0 aliphatic rings. The van der Waals surface area contributed by atoms with Crippen LogP contribution in [0.4, 0.5) is 5.69 Å². The number of aromatic hydroxyl groups is 1. The summed E-state index contributed by atoms with van der Waals surface area (Å²) in [4.78, 5) is 25.1. The molecule has 7 heteroatoms. The van der Waals surface area contributed by atoms with E-state index in [2.05, 4.69) is 5.32 Å². The van der Waals surface area contributed by atoms with Gasteiger partial charge in [0, 0.05) is 7.05 Å². The predicted molar refractivity (Wildman–Crippen MR) is 94.3 cm³/mol. The van der Waals surface area contributed by atoms with Gasteiger partial charge in [-0.05, 0) is 30.5 Å². The SMILES string of the molecule is CCOc1ccccc1NC(=O)c1c(O)c2sccc2n(C)c1=O. The Morgan fingerprint density at radius 3 is 2.83 bits per heavy atom. The van der Waals surface area contributed by atoms with Crippen molar-refractivity contribution in [2.75, 3.05) is 11.9 Å². The van der Waals surface area contributed by atoms with E-state index in [-0.39, 0.29) is 11.3 Å². The molecule has 0 fully saturated rings. The highest BCUT2D eigenvalue weighted by Gasteiger charge is 2.22. The molecule has 0 aliphatic heterocycles. The fraction of sp³-hybridized carbons (Fsp3) is 0.176. The maximum atomic E-state index is 12.6. The van der Waals surface area contributed by atoms with E-state index >= 15 is 0 Å². The van der Waals surface area contributed by atoms with Gasteiger partial charge in [-0.3, -0.25) is 9.59 Å². The Morgan fingerprint density at radius 1 is 1.33 bits per heavy atom. The summed E-state index contributed by atoms with van der Waals surface area (Å²) in [7, 11) is 1.57. The molecule has 0 unspecified atom stereocenters. The smallest absolute Gasteiger partial charge is 0.267 e. The molecule has 24 heavy (non-hydrogen) atoms. The predicted octanol–water partition coefficient (Wildman–Crippen LogP) is 2.96. The van der Waals surface area contributed by atoms with Crippen LogP contribution in [0.2, 0.25) is 0 Å². The van der Waals surface area contributed by atoms with Crippen molar-refractivity contribution in [3.05, 3.63) is 51.6 Å². The summed E-state index contributed by atoms with van der Waals surface area (Å²) in [5, 5.41) is 14.8. The lowest BCUT2D eigenvalue weighted by Gasteiger charge is -2.12. The van der Waals surface area contributed by atoms with Crippen molar-refractivity contribution in [1.82, 2.24) is 4.57 Å². The largest absolute Gasteiger partial charge is 0.505 e. The van der Waals surface area contributed by atoms with Crippen LogP contribution >= 0.6 is 11.3 Å². The Morgan fingerprint density at radius 2 is 2.08 bits per heavy atom. The van der Waals surface area contributed by atoms with Gasteiger partial charge in [0.05, 0.1) is 22.5 Å². The molecule has 0 atom stereocenters. The maximum absolute atomic E-state index is 12.6. The summed E-state index contributed by atoms with van der Waals surface area (Å²) in [6.45, 7) is 2.28. The van der Waals surface area contributed by atoms with E-state index in [0.29, 0.717) is 28.3 Å². The summed E-state index contributed by atoms with van der Waals surface area (Å²) in [5.41, 5.74) is 0.203. The van der Waals surface area contributed by atoms with Crippen LogP contribution < -0.4 is 15.6 Å². The van der Waals surface area contributed by atoms with Gasteiger partial charge in [0.1, 0.15) is 11.3 Å². The van der Waals surface area contributed by atoms with Gasteiger partial charge in [-0.15, -0.1) is 11.3 Å². The number of rotatable bonds is 4. The molecular formula is C17H16N2O4S. The first-order chi connectivity index (χ1) is 11.5. The molecule has 0 radical (unpaired) electrons. The molecule has 6 nitrogen and oxygen atoms in total. The van der Waals surface area contributed by atoms with Gasteiger partial charge in [0.2, 0.25) is 0 Å². The van der Waals surface area contributed by atoms with Crippen molar-refractivity contribution >= 4 is 33.1 Å². The third-order valence-electron chi connectivity index (χ3n) is 3.64. The molecule has 1 aromatic carbocycles. The molecule has 0 spiro atoms. The molecule has 0 aliphatic carbocycles. The van der Waals surface area contributed by atoms with Gasteiger partial charge in [0.15, 0.2) is 5.75 Å². The Kier molecular flexibility index (Phi) is 4.26. The summed E-state index contributed by atoms with van der Waals surface area (Å²) in [6, 6.07) is 8.66. The van der Waals surface area contributed by atoms with Crippen molar-refractivity contribution < 1.29 is 14.6 Å². The highest BCUT2D eigenvalue weighted by molar-refractivity contribution is 7.17. The molecule has 3 rings (SSSR count). The quantitative estimate of drug-likeness (QED) is 0.762. The molecule has 0 saturated carbocycles. The average Bonchev–Trinajstić information content (AvgIpc) is 3.05. The van der Waals surface area contributed by atoms with E-state index in [1.807, 2.05) is 6.92 Å². The van der Waals surface area contributed by atoms with Crippen molar-refractivity contribution in [2.24, 2.45) is 7.05 Å². The zero-order valence-corrected chi connectivity index (χ0v) is 14.0. The van der Waals surface area contributed by atoms with Crippen LogP contribution in [0.25, 0.3) is 10.2 Å². The van der Waals surface area contributed by atoms with Crippen LogP contribution in [-0.2, 0) is 7.05 Å². The number of aromatic nitrogens is 1. The number of anilines is 1. The maximum Gasteiger partial charge on any atom is 0.267 e. The van der Waals surface area contributed by atoms with Crippen LogP contribution in [0.5, 0.6) is 11.5 Å². The average molecular weight is 344 g/mol. The summed E-state index contributed by atoms with van der Waals surface area (Å²) in [6.07, 6.45) is 0. The first-order valence-electron chi connectivity index (χ1n) is 7.37. The number of amides is 1. The number of aryl methyl sites for hydroxylation is 1. The van der Waals surface area contributed by atoms with Crippen molar-refractivity contribution in [1.29, 1.82) is 0 Å². The summed E-state index contributed by atoms with van der Waals surface area (Å²) < 4.78 is 7.31. The lowest BCUT2D eigenvalue weighted by Crippen LogP contribution is -2.28. The highest BCUT2D eigenvalue weighted by Crippen LogP contribution is 2.31. The molecule has 2 N–H and O–H groups in total. The molecule has 3 aromatic rings. The third-order valence-corrected chi connectivity index (χ3v) is 4.55. The zero-order valence-electron chi connectivity index (χ0n) is 13.2. The second-order valence-corrected chi connectivity index (χ2v) is 6.02. The minimum Gasteiger partial charge on any atom is -0.505 e. The normalized spacial score (nSPS) is 10.8. The van der Waals surface area contributed by atoms with E-state index < -0.39 is 11.5 Å². The number of hydrogen-bond acceptors (Lipinski definition) is 5.